The highest BCUT2D eigenvalue weighted by Crippen LogP contribution is 2.34. The van der Waals surface area contributed by atoms with Crippen LogP contribution >= 0.6 is 11.3 Å². The van der Waals surface area contributed by atoms with Gasteiger partial charge >= 0.3 is 5.97 Å². The van der Waals surface area contributed by atoms with Gasteiger partial charge in [0, 0.05) is 13.2 Å². The average molecular weight is 331 g/mol. The molecule has 1 atom stereocenters. The van der Waals surface area contributed by atoms with Crippen LogP contribution in [0.25, 0.3) is 10.2 Å². The molecule has 23 heavy (non-hydrogen) atoms. The molecule has 3 aromatic heterocycles. The highest BCUT2D eigenvalue weighted by atomic mass is 32.1. The van der Waals surface area contributed by atoms with Crippen LogP contribution in [0.2, 0.25) is 0 Å². The predicted molar refractivity (Wildman–Crippen MR) is 89.0 cm³/mol. The van der Waals surface area contributed by atoms with Crippen LogP contribution in [-0.2, 0) is 7.05 Å². The summed E-state index contributed by atoms with van der Waals surface area (Å²) in [5, 5.41) is 17.7. The van der Waals surface area contributed by atoms with E-state index in [0.29, 0.717) is 21.1 Å². The molecule has 0 amide bonds. The van der Waals surface area contributed by atoms with Gasteiger partial charge in [-0.05, 0) is 25.0 Å². The summed E-state index contributed by atoms with van der Waals surface area (Å²) in [7, 11) is 1.90. The van der Waals surface area contributed by atoms with E-state index in [1.165, 1.54) is 17.7 Å². The minimum absolute atomic E-state index is 0.0354. The monoisotopic (exact) mass is 331 g/mol. The zero-order chi connectivity index (χ0) is 16.6. The third-order valence-electron chi connectivity index (χ3n) is 3.86. The van der Waals surface area contributed by atoms with E-state index < -0.39 is 5.97 Å². The Labute approximate surface area is 137 Å². The molecule has 8 heteroatoms. The van der Waals surface area contributed by atoms with Crippen molar-refractivity contribution in [1.82, 2.24) is 19.7 Å². The zero-order valence-corrected chi connectivity index (χ0v) is 13.9. The maximum atomic E-state index is 11.3. The van der Waals surface area contributed by atoms with Crippen molar-refractivity contribution in [2.24, 2.45) is 7.05 Å². The highest BCUT2D eigenvalue weighted by molar-refractivity contribution is 7.20. The van der Waals surface area contributed by atoms with Crippen LogP contribution in [0.15, 0.2) is 18.6 Å². The number of hydrogen-bond acceptors (Lipinski definition) is 6. The first-order valence-corrected chi connectivity index (χ1v) is 8.06. The van der Waals surface area contributed by atoms with Crippen LogP contribution in [0, 0.1) is 6.92 Å². The summed E-state index contributed by atoms with van der Waals surface area (Å²) < 4.78 is 1.82. The maximum Gasteiger partial charge on any atom is 0.346 e. The van der Waals surface area contributed by atoms with Crippen LogP contribution < -0.4 is 5.32 Å². The van der Waals surface area contributed by atoms with Gasteiger partial charge in [-0.25, -0.2) is 14.8 Å². The minimum atomic E-state index is -0.935. The number of aromatic carboxylic acids is 1. The molecule has 0 bridgehead atoms. The molecule has 0 fully saturated rings. The zero-order valence-electron chi connectivity index (χ0n) is 13.1. The summed E-state index contributed by atoms with van der Waals surface area (Å²) in [4.78, 5) is 20.9. The van der Waals surface area contributed by atoms with Crippen LogP contribution in [-0.4, -0.2) is 30.8 Å². The van der Waals surface area contributed by atoms with Gasteiger partial charge in [-0.15, -0.1) is 11.3 Å². The maximum absolute atomic E-state index is 11.3. The fourth-order valence-electron chi connectivity index (χ4n) is 2.66. The number of hydrogen-bond donors (Lipinski definition) is 2. The van der Waals surface area contributed by atoms with Gasteiger partial charge in [-0.3, -0.25) is 4.68 Å². The van der Waals surface area contributed by atoms with Crippen LogP contribution in [0.1, 0.15) is 40.3 Å². The van der Waals surface area contributed by atoms with Gasteiger partial charge in [0.25, 0.3) is 0 Å². The summed E-state index contributed by atoms with van der Waals surface area (Å²) in [5.41, 5.74) is 1.74. The Bertz CT molecular complexity index is 870. The summed E-state index contributed by atoms with van der Waals surface area (Å²) in [6.07, 6.45) is 4.07. The summed E-state index contributed by atoms with van der Waals surface area (Å²) in [6, 6.07) is 2.00. The molecule has 0 radical (unpaired) electrons. The molecule has 3 heterocycles. The lowest BCUT2D eigenvalue weighted by molar-refractivity contribution is 0.0701. The topological polar surface area (TPSA) is 92.9 Å². The first kappa shape index (κ1) is 15.4. The van der Waals surface area contributed by atoms with E-state index in [-0.39, 0.29) is 6.04 Å². The van der Waals surface area contributed by atoms with Crippen LogP contribution in [0.5, 0.6) is 0 Å². The van der Waals surface area contributed by atoms with Crippen LogP contribution in [0.3, 0.4) is 0 Å². The third-order valence-corrected chi connectivity index (χ3v) is 5.04. The minimum Gasteiger partial charge on any atom is -0.477 e. The van der Waals surface area contributed by atoms with Gasteiger partial charge in [-0.1, -0.05) is 6.92 Å². The number of carboxylic acids is 1. The number of fused-ring (bicyclic) bond motifs is 1. The Hall–Kier alpha value is -2.48. The van der Waals surface area contributed by atoms with E-state index >= 15 is 0 Å². The Morgan fingerprint density at radius 1 is 1.48 bits per heavy atom. The lowest BCUT2D eigenvalue weighted by atomic mass is 10.1. The Kier molecular flexibility index (Phi) is 3.99. The number of rotatable bonds is 5. The Morgan fingerprint density at radius 3 is 2.87 bits per heavy atom. The summed E-state index contributed by atoms with van der Waals surface area (Å²) >= 11 is 1.17. The number of carbonyl (C=O) groups is 1. The van der Waals surface area contributed by atoms with E-state index in [0.717, 1.165) is 17.5 Å². The second kappa shape index (κ2) is 5.96. The van der Waals surface area contributed by atoms with Crippen LogP contribution in [0.4, 0.5) is 5.82 Å². The number of aryl methyl sites for hydroxylation is 2. The highest BCUT2D eigenvalue weighted by Gasteiger charge is 2.21. The quantitative estimate of drug-likeness (QED) is 0.746. The Morgan fingerprint density at radius 2 is 2.26 bits per heavy atom. The second-order valence-electron chi connectivity index (χ2n) is 5.25. The molecule has 0 aliphatic heterocycles. The smallest absolute Gasteiger partial charge is 0.346 e. The van der Waals surface area contributed by atoms with Crippen molar-refractivity contribution in [3.05, 3.63) is 34.7 Å². The Balaban J connectivity index is 2.06. The largest absolute Gasteiger partial charge is 0.477 e. The molecular weight excluding hydrogens is 314 g/mol. The molecular formula is C15H17N5O2S. The third kappa shape index (κ3) is 2.65. The van der Waals surface area contributed by atoms with Gasteiger partial charge in [0.15, 0.2) is 0 Å². The molecule has 0 spiro atoms. The van der Waals surface area contributed by atoms with Gasteiger partial charge in [0.05, 0.1) is 17.1 Å². The lowest BCUT2D eigenvalue weighted by Gasteiger charge is -2.18. The van der Waals surface area contributed by atoms with Crippen molar-refractivity contribution in [1.29, 1.82) is 0 Å². The molecule has 120 valence electrons. The molecule has 0 saturated heterocycles. The number of nitrogens with zero attached hydrogens (tertiary/aromatic N) is 4. The molecule has 7 nitrogen and oxygen atoms in total. The van der Waals surface area contributed by atoms with Gasteiger partial charge in [0.1, 0.15) is 21.9 Å². The van der Waals surface area contributed by atoms with E-state index in [9.17, 15) is 9.90 Å². The molecule has 2 N–H and O–H groups in total. The van der Waals surface area contributed by atoms with Gasteiger partial charge < -0.3 is 10.4 Å². The number of nitrogens with one attached hydrogen (secondary N) is 1. The average Bonchev–Trinajstić information content (AvgIpc) is 3.09. The first-order valence-electron chi connectivity index (χ1n) is 7.24. The molecule has 0 aromatic carbocycles. The second-order valence-corrected chi connectivity index (χ2v) is 6.25. The molecule has 0 saturated carbocycles. The van der Waals surface area contributed by atoms with E-state index in [4.69, 9.17) is 0 Å². The lowest BCUT2D eigenvalue weighted by Crippen LogP contribution is -2.15. The number of thiophene rings is 1. The van der Waals surface area contributed by atoms with E-state index in [1.54, 1.807) is 13.1 Å². The van der Waals surface area contributed by atoms with Gasteiger partial charge in [-0.2, -0.15) is 5.10 Å². The number of carboxylic acid groups (broad SMARTS) is 1. The van der Waals surface area contributed by atoms with Gasteiger partial charge in [0.2, 0.25) is 0 Å². The SMILES string of the molecule is CC[C@H](Nc1ncnc2sc(C(=O)O)c(C)c12)c1ccnn1C. The number of aromatic nitrogens is 4. The standard InChI is InChI=1S/C15H17N5O2S/c1-4-9(10-5-6-18-20(10)3)19-13-11-8(2)12(15(21)22)23-14(11)17-7-16-13/h5-7,9H,4H2,1-3H3,(H,21,22)(H,16,17,19)/t9-/m0/s1. The molecule has 3 rings (SSSR count). The molecule has 0 aliphatic carbocycles. The van der Waals surface area contributed by atoms with Crippen molar-refractivity contribution in [2.45, 2.75) is 26.3 Å². The fraction of sp³-hybridized carbons (Fsp3) is 0.333. The van der Waals surface area contributed by atoms with E-state index in [2.05, 4.69) is 27.3 Å². The first-order chi connectivity index (χ1) is 11.0. The normalized spacial score (nSPS) is 12.5. The fourth-order valence-corrected chi connectivity index (χ4v) is 3.65. The van der Waals surface area contributed by atoms with Crippen molar-refractivity contribution < 1.29 is 9.90 Å². The molecule has 0 aliphatic rings. The van der Waals surface area contributed by atoms with E-state index in [1.807, 2.05) is 17.8 Å². The molecule has 3 aromatic rings. The predicted octanol–water partition coefficient (Wildman–Crippen LogP) is 2.99. The van der Waals surface area contributed by atoms with Crippen molar-refractivity contribution in [3.63, 3.8) is 0 Å². The van der Waals surface area contributed by atoms with Crippen molar-refractivity contribution in [3.8, 4) is 0 Å². The molecule has 0 unspecified atom stereocenters. The summed E-state index contributed by atoms with van der Waals surface area (Å²) in [5.74, 6) is -0.278. The van der Waals surface area contributed by atoms with Crippen molar-refractivity contribution in [2.75, 3.05) is 5.32 Å². The van der Waals surface area contributed by atoms with Crippen molar-refractivity contribution >= 4 is 33.3 Å². The number of anilines is 1. The summed E-state index contributed by atoms with van der Waals surface area (Å²) in [6.45, 7) is 3.87.